The van der Waals surface area contributed by atoms with Crippen molar-refractivity contribution < 1.29 is 9.59 Å². The Bertz CT molecular complexity index is 885. The van der Waals surface area contributed by atoms with Gasteiger partial charge in [-0.05, 0) is 38.1 Å². The number of hydrogen-bond acceptors (Lipinski definition) is 4. The molecule has 134 valence electrons. The fourth-order valence-corrected chi connectivity index (χ4v) is 2.98. The normalized spacial score (nSPS) is 10.9. The summed E-state index contributed by atoms with van der Waals surface area (Å²) in [5.41, 5.74) is 2.66. The lowest BCUT2D eigenvalue weighted by Gasteiger charge is -2.07. The van der Waals surface area contributed by atoms with Crippen molar-refractivity contribution >= 4 is 11.8 Å². The number of imidazole rings is 2. The fraction of sp³-hybridized carbons (Fsp3) is 0.300. The number of nitrogens with zero attached hydrogens (tertiary/aromatic N) is 4. The van der Waals surface area contributed by atoms with E-state index >= 15 is 0 Å². The van der Waals surface area contributed by atoms with Crippen LogP contribution in [0.5, 0.6) is 0 Å². The summed E-state index contributed by atoms with van der Waals surface area (Å²) in [6, 6.07) is 6.72. The molecule has 2 heterocycles. The number of rotatable bonds is 4. The third kappa shape index (κ3) is 3.22. The summed E-state index contributed by atoms with van der Waals surface area (Å²) in [5, 5.41) is 0. The van der Waals surface area contributed by atoms with Gasteiger partial charge in [0, 0.05) is 36.4 Å². The molecule has 0 saturated heterocycles. The Balaban J connectivity index is 1.88. The topological polar surface area (TPSA) is 69.8 Å². The van der Waals surface area contributed by atoms with Gasteiger partial charge in [-0.3, -0.25) is 18.7 Å². The van der Waals surface area contributed by atoms with Gasteiger partial charge >= 0.3 is 0 Å². The first kappa shape index (κ1) is 17.8. The highest BCUT2D eigenvalue weighted by Crippen LogP contribution is 2.13. The van der Waals surface area contributed by atoms with Crippen LogP contribution in [0.25, 0.3) is 0 Å². The summed E-state index contributed by atoms with van der Waals surface area (Å²) in [6.07, 6.45) is 4.83. The van der Waals surface area contributed by atoms with E-state index in [1.54, 1.807) is 45.8 Å². The number of aryl methyl sites for hydroxylation is 4. The molecule has 0 N–H and O–H groups in total. The van der Waals surface area contributed by atoms with E-state index in [1.807, 2.05) is 27.7 Å². The summed E-state index contributed by atoms with van der Waals surface area (Å²) < 4.78 is 3.14. The monoisotopic (exact) mass is 350 g/mol. The number of hydrogen-bond donors (Lipinski definition) is 0. The number of aromatic nitrogens is 4. The number of carbonyl (C=O) groups is 2. The molecule has 0 spiro atoms. The molecule has 1 aromatic carbocycles. The zero-order chi connectivity index (χ0) is 18.8. The highest BCUT2D eigenvalue weighted by Gasteiger charge is 2.16. The van der Waals surface area contributed by atoms with E-state index in [9.17, 15) is 9.59 Å². The lowest BCUT2D eigenvalue weighted by atomic mass is 10.1. The lowest BCUT2D eigenvalue weighted by molar-refractivity contribution is 0.0945. The van der Waals surface area contributed by atoms with Gasteiger partial charge in [-0.1, -0.05) is 13.8 Å². The summed E-state index contributed by atoms with van der Waals surface area (Å²) >= 11 is 0. The zero-order valence-electron chi connectivity index (χ0n) is 15.5. The van der Waals surface area contributed by atoms with Gasteiger partial charge in [-0.15, -0.1) is 0 Å². The smallest absolute Gasteiger partial charge is 0.263 e. The Labute approximate surface area is 152 Å². The summed E-state index contributed by atoms with van der Waals surface area (Å²) in [4.78, 5) is 34.2. The van der Waals surface area contributed by atoms with Crippen LogP contribution in [0.4, 0.5) is 0 Å². The van der Waals surface area contributed by atoms with Crippen LogP contribution >= 0.6 is 0 Å². The molecule has 6 nitrogen and oxygen atoms in total. The highest BCUT2D eigenvalue weighted by atomic mass is 16.2. The lowest BCUT2D eigenvalue weighted by Crippen LogP contribution is -2.16. The van der Waals surface area contributed by atoms with E-state index in [-0.39, 0.29) is 11.8 Å². The summed E-state index contributed by atoms with van der Waals surface area (Å²) in [7, 11) is 0. The molecule has 0 fully saturated rings. The second kappa shape index (κ2) is 7.07. The third-order valence-corrected chi connectivity index (χ3v) is 4.25. The maximum Gasteiger partial charge on any atom is 0.263 e. The van der Waals surface area contributed by atoms with E-state index in [2.05, 4.69) is 9.97 Å². The summed E-state index contributed by atoms with van der Waals surface area (Å²) in [5.74, 6) is 1.17. The van der Waals surface area contributed by atoms with Gasteiger partial charge in [0.05, 0.1) is 11.4 Å². The van der Waals surface area contributed by atoms with Gasteiger partial charge < -0.3 is 0 Å². The largest absolute Gasteiger partial charge is 0.269 e. The van der Waals surface area contributed by atoms with Crippen molar-refractivity contribution in [3.8, 4) is 0 Å². The molecular weight excluding hydrogens is 328 g/mol. The highest BCUT2D eigenvalue weighted by molar-refractivity contribution is 5.99. The maximum atomic E-state index is 12.7. The molecule has 0 atom stereocenters. The van der Waals surface area contributed by atoms with E-state index in [0.29, 0.717) is 24.0 Å². The van der Waals surface area contributed by atoms with Crippen molar-refractivity contribution in [3.63, 3.8) is 0 Å². The van der Waals surface area contributed by atoms with Crippen molar-refractivity contribution in [2.24, 2.45) is 0 Å². The van der Waals surface area contributed by atoms with Gasteiger partial charge in [0.2, 0.25) is 0 Å². The molecule has 3 rings (SSSR count). The Morgan fingerprint density at radius 1 is 0.769 bits per heavy atom. The van der Waals surface area contributed by atoms with Gasteiger partial charge in [0.1, 0.15) is 11.6 Å². The van der Waals surface area contributed by atoms with Crippen molar-refractivity contribution in [1.29, 1.82) is 0 Å². The molecule has 26 heavy (non-hydrogen) atoms. The molecule has 0 bridgehead atoms. The van der Waals surface area contributed by atoms with Crippen LogP contribution in [0.2, 0.25) is 0 Å². The SMILES string of the molecule is CCc1nc(C)cn1C(=O)c1ccc(C(=O)n2cc(C)nc2CC)cc1. The maximum absolute atomic E-state index is 12.7. The summed E-state index contributed by atoms with van der Waals surface area (Å²) in [6.45, 7) is 7.66. The minimum Gasteiger partial charge on any atom is -0.269 e. The van der Waals surface area contributed by atoms with Gasteiger partial charge in [0.25, 0.3) is 11.8 Å². The standard InChI is InChI=1S/C20H22N4O2/c1-5-17-21-13(3)11-23(17)19(25)15-7-9-16(10-8-15)20(26)24-12-14(4)22-18(24)6-2/h7-12H,5-6H2,1-4H3. The Hall–Kier alpha value is -3.02. The fourth-order valence-electron chi connectivity index (χ4n) is 2.98. The zero-order valence-corrected chi connectivity index (χ0v) is 15.5. The first-order chi connectivity index (χ1) is 12.4. The predicted octanol–water partition coefficient (Wildman–Crippen LogP) is 3.20. The molecule has 0 aliphatic rings. The van der Waals surface area contributed by atoms with Crippen molar-refractivity contribution in [1.82, 2.24) is 19.1 Å². The first-order valence-corrected chi connectivity index (χ1v) is 8.73. The van der Waals surface area contributed by atoms with Crippen molar-refractivity contribution in [2.45, 2.75) is 40.5 Å². The van der Waals surface area contributed by atoms with E-state index in [0.717, 1.165) is 23.0 Å². The van der Waals surface area contributed by atoms with Crippen molar-refractivity contribution in [3.05, 3.63) is 70.8 Å². The third-order valence-electron chi connectivity index (χ3n) is 4.25. The van der Waals surface area contributed by atoms with Crippen LogP contribution in [0.3, 0.4) is 0 Å². The molecule has 0 unspecified atom stereocenters. The second-order valence-corrected chi connectivity index (χ2v) is 6.23. The molecule has 0 amide bonds. The average molecular weight is 350 g/mol. The minimum absolute atomic E-state index is 0.144. The molecule has 3 aromatic rings. The molecular formula is C20H22N4O2. The predicted molar refractivity (Wildman–Crippen MR) is 98.6 cm³/mol. The molecule has 6 heteroatoms. The molecule has 0 saturated carbocycles. The van der Waals surface area contributed by atoms with E-state index in [1.165, 1.54) is 0 Å². The quantitative estimate of drug-likeness (QED) is 0.724. The Morgan fingerprint density at radius 3 is 1.42 bits per heavy atom. The first-order valence-electron chi connectivity index (χ1n) is 8.73. The molecule has 2 aromatic heterocycles. The Kier molecular flexibility index (Phi) is 4.84. The van der Waals surface area contributed by atoms with Crippen LogP contribution in [0.15, 0.2) is 36.7 Å². The van der Waals surface area contributed by atoms with Gasteiger partial charge in [0.15, 0.2) is 0 Å². The molecule has 0 aliphatic heterocycles. The van der Waals surface area contributed by atoms with Gasteiger partial charge in [-0.25, -0.2) is 9.97 Å². The van der Waals surface area contributed by atoms with Crippen molar-refractivity contribution in [2.75, 3.05) is 0 Å². The molecule has 0 aliphatic carbocycles. The van der Waals surface area contributed by atoms with Crippen LogP contribution in [-0.2, 0) is 12.8 Å². The van der Waals surface area contributed by atoms with Crippen LogP contribution in [-0.4, -0.2) is 30.9 Å². The Morgan fingerprint density at radius 2 is 1.12 bits per heavy atom. The number of benzene rings is 1. The van der Waals surface area contributed by atoms with Crippen LogP contribution < -0.4 is 0 Å². The second-order valence-electron chi connectivity index (χ2n) is 6.23. The van der Waals surface area contributed by atoms with Gasteiger partial charge in [-0.2, -0.15) is 0 Å². The van der Waals surface area contributed by atoms with E-state index in [4.69, 9.17) is 0 Å². The average Bonchev–Trinajstić information content (AvgIpc) is 3.22. The minimum atomic E-state index is -0.144. The molecule has 0 radical (unpaired) electrons. The van der Waals surface area contributed by atoms with Crippen LogP contribution in [0, 0.1) is 13.8 Å². The van der Waals surface area contributed by atoms with E-state index < -0.39 is 0 Å². The number of carbonyl (C=O) groups excluding carboxylic acids is 2. The van der Waals surface area contributed by atoms with Crippen LogP contribution in [0.1, 0.15) is 57.6 Å².